The zero-order valence-electron chi connectivity index (χ0n) is 12.6. The Morgan fingerprint density at radius 3 is 2.90 bits per heavy atom. The van der Waals surface area contributed by atoms with Crippen LogP contribution in [0.1, 0.15) is 50.8 Å². The number of benzene rings is 1. The number of fused-ring (bicyclic) bond motifs is 1. The van der Waals surface area contributed by atoms with Crippen LogP contribution in [-0.2, 0) is 7.05 Å². The first kappa shape index (κ1) is 13.6. The minimum absolute atomic E-state index is 0.404. The minimum atomic E-state index is 0.404. The lowest BCUT2D eigenvalue weighted by Gasteiger charge is -2.17. The number of nitrogens with one attached hydrogen (secondary N) is 1. The van der Waals surface area contributed by atoms with Gasteiger partial charge < -0.3 is 5.32 Å². The zero-order chi connectivity index (χ0) is 13.9. The van der Waals surface area contributed by atoms with Crippen LogP contribution in [0.5, 0.6) is 0 Å². The largest absolute Gasteiger partial charge is 0.309 e. The molecular weight excluding hydrogens is 246 g/mol. The smallest absolute Gasteiger partial charge is 0.0872 e. The van der Waals surface area contributed by atoms with Crippen molar-refractivity contribution in [2.24, 2.45) is 13.0 Å². The van der Waals surface area contributed by atoms with E-state index in [0.29, 0.717) is 6.04 Å². The second-order valence-electron chi connectivity index (χ2n) is 6.05. The molecule has 2 aromatic rings. The van der Waals surface area contributed by atoms with Crippen LogP contribution in [0.15, 0.2) is 24.3 Å². The van der Waals surface area contributed by atoms with Crippen molar-refractivity contribution in [3.8, 4) is 0 Å². The topological polar surface area (TPSA) is 29.9 Å². The summed E-state index contributed by atoms with van der Waals surface area (Å²) in [4.78, 5) is 0. The van der Waals surface area contributed by atoms with Crippen LogP contribution >= 0.6 is 0 Å². The van der Waals surface area contributed by atoms with Crippen molar-refractivity contribution < 1.29 is 0 Å². The summed E-state index contributed by atoms with van der Waals surface area (Å²) in [5.74, 6) is 0.982. The Hall–Kier alpha value is -1.35. The Morgan fingerprint density at radius 2 is 2.15 bits per heavy atom. The molecule has 20 heavy (non-hydrogen) atoms. The predicted octanol–water partition coefficient (Wildman–Crippen LogP) is 3.80. The van der Waals surface area contributed by atoms with Crippen molar-refractivity contribution in [3.63, 3.8) is 0 Å². The number of nitrogens with zero attached hydrogens (tertiary/aromatic N) is 2. The Kier molecular flexibility index (Phi) is 4.06. The van der Waals surface area contributed by atoms with E-state index in [0.717, 1.165) is 12.5 Å². The lowest BCUT2D eigenvalue weighted by molar-refractivity contribution is 0.459. The molecule has 0 saturated heterocycles. The van der Waals surface area contributed by atoms with Crippen LogP contribution < -0.4 is 5.32 Å². The molecule has 3 heteroatoms. The first-order chi connectivity index (χ1) is 9.79. The van der Waals surface area contributed by atoms with Crippen LogP contribution in [0.4, 0.5) is 0 Å². The summed E-state index contributed by atoms with van der Waals surface area (Å²) < 4.78 is 2.02. The van der Waals surface area contributed by atoms with Crippen molar-refractivity contribution >= 4 is 10.9 Å². The van der Waals surface area contributed by atoms with Crippen LogP contribution in [0.3, 0.4) is 0 Å². The summed E-state index contributed by atoms with van der Waals surface area (Å²) in [7, 11) is 2.05. The monoisotopic (exact) mass is 271 g/mol. The average molecular weight is 271 g/mol. The van der Waals surface area contributed by atoms with E-state index in [4.69, 9.17) is 5.10 Å². The number of rotatable bonds is 7. The summed E-state index contributed by atoms with van der Waals surface area (Å²) in [5.41, 5.74) is 2.47. The molecule has 1 aliphatic rings. The Balaban J connectivity index is 1.86. The van der Waals surface area contributed by atoms with Crippen molar-refractivity contribution in [1.82, 2.24) is 15.1 Å². The van der Waals surface area contributed by atoms with Crippen LogP contribution in [0.25, 0.3) is 10.9 Å². The average Bonchev–Trinajstić information content (AvgIpc) is 3.24. The third-order valence-electron chi connectivity index (χ3n) is 4.32. The maximum atomic E-state index is 4.80. The molecule has 1 atom stereocenters. The van der Waals surface area contributed by atoms with Gasteiger partial charge in [-0.15, -0.1) is 0 Å². The molecule has 1 aromatic carbocycles. The van der Waals surface area contributed by atoms with Gasteiger partial charge in [-0.3, -0.25) is 4.68 Å². The van der Waals surface area contributed by atoms with E-state index in [1.807, 2.05) is 11.7 Å². The molecule has 1 heterocycles. The zero-order valence-corrected chi connectivity index (χ0v) is 12.6. The number of hydrogen-bond acceptors (Lipinski definition) is 2. The van der Waals surface area contributed by atoms with Gasteiger partial charge in [0.2, 0.25) is 0 Å². The van der Waals surface area contributed by atoms with E-state index in [1.54, 1.807) is 0 Å². The van der Waals surface area contributed by atoms with E-state index in [9.17, 15) is 0 Å². The first-order valence-corrected chi connectivity index (χ1v) is 7.94. The number of aryl methyl sites for hydroxylation is 1. The second-order valence-corrected chi connectivity index (χ2v) is 6.05. The third kappa shape index (κ3) is 2.88. The molecule has 1 aromatic heterocycles. The Bertz CT molecular complexity index is 569. The lowest BCUT2D eigenvalue weighted by atomic mass is 10.0. The summed E-state index contributed by atoms with van der Waals surface area (Å²) in [6, 6.07) is 8.97. The quantitative estimate of drug-likeness (QED) is 0.830. The van der Waals surface area contributed by atoms with Gasteiger partial charge in [0.05, 0.1) is 17.3 Å². The molecule has 108 valence electrons. The Morgan fingerprint density at radius 1 is 1.35 bits per heavy atom. The highest BCUT2D eigenvalue weighted by Gasteiger charge is 2.25. The summed E-state index contributed by atoms with van der Waals surface area (Å²) in [6.07, 6.45) is 6.59. The van der Waals surface area contributed by atoms with Crippen molar-refractivity contribution in [2.75, 3.05) is 6.54 Å². The fourth-order valence-corrected chi connectivity index (χ4v) is 2.96. The highest BCUT2D eigenvalue weighted by molar-refractivity contribution is 5.82. The van der Waals surface area contributed by atoms with Gasteiger partial charge in [0.1, 0.15) is 0 Å². The summed E-state index contributed by atoms with van der Waals surface area (Å²) in [5, 5.41) is 9.80. The van der Waals surface area contributed by atoms with E-state index in [-0.39, 0.29) is 0 Å². The fraction of sp³-hybridized carbons (Fsp3) is 0.588. The van der Waals surface area contributed by atoms with Crippen molar-refractivity contribution in [3.05, 3.63) is 30.0 Å². The molecule has 1 N–H and O–H groups in total. The fourth-order valence-electron chi connectivity index (χ4n) is 2.96. The normalized spacial score (nSPS) is 16.7. The first-order valence-electron chi connectivity index (χ1n) is 7.94. The molecule has 3 nitrogen and oxygen atoms in total. The standard InChI is InChI=1S/C17H25N3/c1-3-12-18-15(11-10-13-8-9-13)17-14-6-4-5-7-16(14)20(2)19-17/h4-7,13,15,18H,3,8-12H2,1-2H3. The van der Waals surface area contributed by atoms with Crippen LogP contribution in [0.2, 0.25) is 0 Å². The van der Waals surface area contributed by atoms with Gasteiger partial charge >= 0.3 is 0 Å². The van der Waals surface area contributed by atoms with E-state index < -0.39 is 0 Å². The maximum absolute atomic E-state index is 4.80. The molecule has 1 saturated carbocycles. The second kappa shape index (κ2) is 5.96. The molecule has 0 spiro atoms. The van der Waals surface area contributed by atoms with Gasteiger partial charge in [-0.1, -0.05) is 38.0 Å². The molecule has 1 aliphatic carbocycles. The molecule has 3 rings (SSSR count). The van der Waals surface area contributed by atoms with Gasteiger partial charge in [-0.05, 0) is 37.8 Å². The van der Waals surface area contributed by atoms with E-state index in [2.05, 4.69) is 36.5 Å². The third-order valence-corrected chi connectivity index (χ3v) is 4.32. The van der Waals surface area contributed by atoms with Crippen molar-refractivity contribution in [1.29, 1.82) is 0 Å². The highest BCUT2D eigenvalue weighted by Crippen LogP contribution is 2.36. The van der Waals surface area contributed by atoms with Crippen molar-refractivity contribution in [2.45, 2.75) is 45.1 Å². The molecule has 1 unspecified atom stereocenters. The summed E-state index contributed by atoms with van der Waals surface area (Å²) >= 11 is 0. The maximum Gasteiger partial charge on any atom is 0.0872 e. The molecule has 0 amide bonds. The van der Waals surface area contributed by atoms with Gasteiger partial charge in [-0.2, -0.15) is 5.10 Å². The molecule has 0 bridgehead atoms. The lowest BCUT2D eigenvalue weighted by Crippen LogP contribution is -2.23. The van der Waals surface area contributed by atoms with Gasteiger partial charge in [0, 0.05) is 12.4 Å². The number of aromatic nitrogens is 2. The van der Waals surface area contributed by atoms with Gasteiger partial charge in [-0.25, -0.2) is 0 Å². The van der Waals surface area contributed by atoms with E-state index >= 15 is 0 Å². The van der Waals surface area contributed by atoms with E-state index in [1.165, 1.54) is 48.7 Å². The molecule has 0 radical (unpaired) electrons. The summed E-state index contributed by atoms with van der Waals surface area (Å²) in [6.45, 7) is 3.29. The minimum Gasteiger partial charge on any atom is -0.309 e. The highest BCUT2D eigenvalue weighted by atomic mass is 15.3. The SMILES string of the molecule is CCCNC(CCC1CC1)c1nn(C)c2ccccc12. The van der Waals surface area contributed by atoms with Crippen LogP contribution in [0, 0.1) is 5.92 Å². The van der Waals surface area contributed by atoms with Gasteiger partial charge in [0.15, 0.2) is 0 Å². The Labute approximate surface area is 121 Å². The number of para-hydroxylation sites is 1. The molecule has 0 aliphatic heterocycles. The van der Waals surface area contributed by atoms with Crippen LogP contribution in [-0.4, -0.2) is 16.3 Å². The van der Waals surface area contributed by atoms with Gasteiger partial charge in [0.25, 0.3) is 0 Å². The molecular formula is C17H25N3. The predicted molar refractivity (Wildman–Crippen MR) is 83.7 cm³/mol. The molecule has 1 fully saturated rings. The number of hydrogen-bond donors (Lipinski definition) is 1.